The van der Waals surface area contributed by atoms with Crippen LogP contribution in [0.5, 0.6) is 11.5 Å². The minimum absolute atomic E-state index is 0. The van der Waals surface area contributed by atoms with Crippen molar-refractivity contribution in [2.75, 3.05) is 0 Å². The molecule has 0 aliphatic rings. The van der Waals surface area contributed by atoms with Crippen molar-refractivity contribution < 1.29 is 89.8 Å². The Kier molecular flexibility index (Phi) is 17.6. The average molecular weight is 543 g/mol. The van der Waals surface area contributed by atoms with Gasteiger partial charge >= 0.3 is 59.1 Å². The normalized spacial score (nSPS) is 11.4. The summed E-state index contributed by atoms with van der Waals surface area (Å²) in [6.07, 6.45) is 13.4. The molecule has 0 aromatic heterocycles. The van der Waals surface area contributed by atoms with E-state index in [1.165, 1.54) is 51.4 Å². The quantitative estimate of drug-likeness (QED) is 0.173. The van der Waals surface area contributed by atoms with Gasteiger partial charge in [0.05, 0.1) is 9.79 Å². The van der Waals surface area contributed by atoms with Gasteiger partial charge < -0.3 is 13.8 Å². The zero-order valence-corrected chi connectivity index (χ0v) is 26.6. The number of hydrogen-bond acceptors (Lipinski definition) is 7. The smallest absolute Gasteiger partial charge is 0.744 e. The van der Waals surface area contributed by atoms with Gasteiger partial charge in [0.25, 0.3) is 0 Å². The van der Waals surface area contributed by atoms with Crippen molar-refractivity contribution in [3.63, 3.8) is 0 Å². The van der Waals surface area contributed by atoms with Crippen molar-refractivity contribution in [3.8, 4) is 11.5 Å². The fourth-order valence-electron chi connectivity index (χ4n) is 3.67. The van der Waals surface area contributed by atoms with Crippen LogP contribution in [0.3, 0.4) is 0 Å². The number of unbranched alkanes of at least 4 members (excludes halogenated alkanes) is 9. The summed E-state index contributed by atoms with van der Waals surface area (Å²) in [5.74, 6) is 0.375. The molecule has 7 nitrogen and oxygen atoms in total. The number of ether oxygens (including phenoxy) is 1. The van der Waals surface area contributed by atoms with Crippen molar-refractivity contribution in [2.45, 2.75) is 87.3 Å². The molecule has 0 heterocycles. The van der Waals surface area contributed by atoms with E-state index in [0.29, 0.717) is 5.75 Å². The second-order valence-corrected chi connectivity index (χ2v) is 10.9. The first-order chi connectivity index (χ1) is 15.6. The maximum Gasteiger partial charge on any atom is 1.00 e. The van der Waals surface area contributed by atoms with Gasteiger partial charge in [0, 0.05) is 0 Å². The Labute approximate surface area is 254 Å². The molecular weight excluding hydrogens is 510 g/mol. The Morgan fingerprint density at radius 3 is 1.71 bits per heavy atom. The Balaban J connectivity index is 0.00000578. The molecule has 35 heavy (non-hydrogen) atoms. The van der Waals surface area contributed by atoms with Crippen LogP contribution < -0.4 is 63.9 Å². The molecule has 0 fully saturated rings. The molecule has 0 bridgehead atoms. The van der Waals surface area contributed by atoms with Gasteiger partial charge in [-0.05, 0) is 48.7 Å². The molecule has 2 aromatic rings. The Bertz CT molecular complexity index is 1100. The van der Waals surface area contributed by atoms with E-state index in [-0.39, 0.29) is 64.9 Å². The van der Waals surface area contributed by atoms with Gasteiger partial charge in [-0.25, -0.2) is 16.8 Å². The monoisotopic (exact) mass is 542 g/mol. The van der Waals surface area contributed by atoms with E-state index in [9.17, 15) is 25.9 Å². The van der Waals surface area contributed by atoms with E-state index >= 15 is 0 Å². The summed E-state index contributed by atoms with van der Waals surface area (Å²) in [6.45, 7) is 2.22. The maximum atomic E-state index is 11.4. The van der Waals surface area contributed by atoms with Gasteiger partial charge in [0.1, 0.15) is 31.7 Å². The van der Waals surface area contributed by atoms with E-state index in [1.54, 1.807) is 6.07 Å². The van der Waals surface area contributed by atoms with Gasteiger partial charge in [-0.1, -0.05) is 76.8 Å². The fourth-order valence-corrected chi connectivity index (χ4v) is 5.40. The zero-order valence-electron chi connectivity index (χ0n) is 21.0. The molecule has 184 valence electrons. The first-order valence-corrected chi connectivity index (χ1v) is 14.3. The predicted molar refractivity (Wildman–Crippen MR) is 124 cm³/mol. The topological polar surface area (TPSA) is 124 Å². The Hall–Kier alpha value is 0.0600. The largest absolute Gasteiger partial charge is 1.00 e. The third kappa shape index (κ3) is 13.4. The molecule has 0 spiro atoms. The van der Waals surface area contributed by atoms with Gasteiger partial charge in [-0.3, -0.25) is 0 Å². The van der Waals surface area contributed by atoms with E-state index in [1.807, 2.05) is 18.2 Å². The van der Waals surface area contributed by atoms with E-state index in [0.717, 1.165) is 43.0 Å². The molecular formula is C24H32Na2O7S2. The van der Waals surface area contributed by atoms with Gasteiger partial charge in [0.15, 0.2) is 0 Å². The average Bonchev–Trinajstić information content (AvgIpc) is 2.74. The van der Waals surface area contributed by atoms with Gasteiger partial charge in [-0.15, -0.1) is 0 Å². The Morgan fingerprint density at radius 2 is 1.17 bits per heavy atom. The summed E-state index contributed by atoms with van der Waals surface area (Å²) in [5.41, 5.74) is 1.06. The third-order valence-electron chi connectivity index (χ3n) is 5.41. The molecule has 0 amide bonds. The number of aryl methyl sites for hydroxylation is 1. The van der Waals surface area contributed by atoms with Crippen LogP contribution in [0.2, 0.25) is 0 Å². The van der Waals surface area contributed by atoms with Crippen molar-refractivity contribution >= 4 is 20.2 Å². The molecule has 11 heteroatoms. The molecule has 2 aromatic carbocycles. The summed E-state index contributed by atoms with van der Waals surface area (Å²) in [5, 5.41) is 0. The summed E-state index contributed by atoms with van der Waals surface area (Å²) in [6, 6.07) is 9.96. The minimum atomic E-state index is -5.18. The molecule has 0 N–H and O–H groups in total. The van der Waals surface area contributed by atoms with Crippen molar-refractivity contribution in [3.05, 3.63) is 48.0 Å². The standard InChI is InChI=1S/C24H34O7S2.2Na/c1-2-3-4-5-6-7-8-9-10-11-13-20-14-12-15-21(18-20)31-22-16-17-23(32(25,26)27)24(19-22)33(28,29)30;;/h12,14-19H,2-11,13H2,1H3,(H,25,26,27)(H,28,29,30);;/q;2*+1/p-2. The van der Waals surface area contributed by atoms with Crippen molar-refractivity contribution in [1.82, 2.24) is 0 Å². The minimum Gasteiger partial charge on any atom is -0.744 e. The van der Waals surface area contributed by atoms with Crippen LogP contribution in [0, 0.1) is 0 Å². The van der Waals surface area contributed by atoms with Gasteiger partial charge in [-0.2, -0.15) is 0 Å². The molecule has 2 rings (SSSR count). The molecule has 0 saturated heterocycles. The molecule has 0 aliphatic carbocycles. The molecule has 0 atom stereocenters. The van der Waals surface area contributed by atoms with Crippen LogP contribution in [0.4, 0.5) is 0 Å². The summed E-state index contributed by atoms with van der Waals surface area (Å²) >= 11 is 0. The summed E-state index contributed by atoms with van der Waals surface area (Å²) < 4.78 is 73.6. The SMILES string of the molecule is CCCCCCCCCCCCc1cccc(Oc2ccc(S(=O)(=O)[O-])c(S(=O)(=O)[O-])c2)c1.[Na+].[Na+]. The Morgan fingerprint density at radius 1 is 0.657 bits per heavy atom. The predicted octanol–water partition coefficient (Wildman–Crippen LogP) is -0.241. The first-order valence-electron chi connectivity index (χ1n) is 11.4. The van der Waals surface area contributed by atoms with E-state index < -0.39 is 30.0 Å². The third-order valence-corrected chi connectivity index (χ3v) is 7.31. The van der Waals surface area contributed by atoms with Crippen LogP contribution in [0.15, 0.2) is 52.3 Å². The number of benzene rings is 2. The van der Waals surface area contributed by atoms with Crippen LogP contribution in [0.25, 0.3) is 0 Å². The first kappa shape index (κ1) is 35.1. The molecule has 0 unspecified atom stereocenters. The number of hydrogen-bond donors (Lipinski definition) is 0. The van der Waals surface area contributed by atoms with Crippen molar-refractivity contribution in [2.24, 2.45) is 0 Å². The van der Waals surface area contributed by atoms with Crippen LogP contribution in [-0.4, -0.2) is 25.9 Å². The maximum absolute atomic E-state index is 11.4. The summed E-state index contributed by atoms with van der Waals surface area (Å²) in [4.78, 5) is -2.20. The second kappa shape index (κ2) is 17.5. The van der Waals surface area contributed by atoms with Crippen LogP contribution in [0.1, 0.15) is 76.7 Å². The zero-order chi connectivity index (χ0) is 24.3. The van der Waals surface area contributed by atoms with E-state index in [4.69, 9.17) is 4.74 Å². The van der Waals surface area contributed by atoms with E-state index in [2.05, 4.69) is 6.92 Å². The van der Waals surface area contributed by atoms with Gasteiger partial charge in [0.2, 0.25) is 0 Å². The summed E-state index contributed by atoms with van der Waals surface area (Å²) in [7, 11) is -10.3. The van der Waals surface area contributed by atoms with Crippen LogP contribution >= 0.6 is 0 Å². The molecule has 0 aliphatic heterocycles. The van der Waals surface area contributed by atoms with Crippen molar-refractivity contribution in [1.29, 1.82) is 0 Å². The second-order valence-electron chi connectivity index (χ2n) is 8.20. The number of rotatable bonds is 15. The van der Waals surface area contributed by atoms with Crippen LogP contribution in [-0.2, 0) is 26.7 Å². The molecule has 0 radical (unpaired) electrons. The molecule has 0 saturated carbocycles. The fraction of sp³-hybridized carbons (Fsp3) is 0.500.